The second kappa shape index (κ2) is 19.2. The molecule has 2 fully saturated rings. The van der Waals surface area contributed by atoms with Crippen molar-refractivity contribution in [2.45, 2.75) is 66.0 Å². The van der Waals surface area contributed by atoms with Gasteiger partial charge in [0.1, 0.15) is 28.4 Å². The number of aliphatic imine (C=N–C) groups is 1. The molecule has 2 saturated heterocycles. The van der Waals surface area contributed by atoms with Crippen LogP contribution in [-0.2, 0) is 20.9 Å². The van der Waals surface area contributed by atoms with Gasteiger partial charge in [0.2, 0.25) is 17.7 Å². The summed E-state index contributed by atoms with van der Waals surface area (Å²) < 4.78 is 3.33. The second-order valence-electron chi connectivity index (χ2n) is 18.4. The van der Waals surface area contributed by atoms with Crippen LogP contribution in [0.5, 0.6) is 11.5 Å². The van der Waals surface area contributed by atoms with Crippen LogP contribution in [0.3, 0.4) is 0 Å². The molecule has 0 radical (unpaired) electrons. The van der Waals surface area contributed by atoms with E-state index in [9.17, 15) is 29.4 Å². The van der Waals surface area contributed by atoms with Gasteiger partial charge >= 0.3 is 5.69 Å². The van der Waals surface area contributed by atoms with Crippen LogP contribution in [0.4, 0.5) is 0 Å². The van der Waals surface area contributed by atoms with E-state index in [1.807, 2.05) is 73.6 Å². The highest BCUT2D eigenvalue weighted by Gasteiger charge is 2.37. The summed E-state index contributed by atoms with van der Waals surface area (Å²) in [6.07, 6.45) is 1.48. The third kappa shape index (κ3) is 9.35. The predicted octanol–water partition coefficient (Wildman–Crippen LogP) is 6.03. The van der Waals surface area contributed by atoms with E-state index in [0.717, 1.165) is 58.1 Å². The average molecular weight is 973 g/mol. The third-order valence-electron chi connectivity index (χ3n) is 13.4. The fraction of sp³-hybridized carbons (Fsp3) is 0.360. The molecule has 17 nitrogen and oxygen atoms in total. The van der Waals surface area contributed by atoms with Crippen LogP contribution in [0, 0.1) is 32.6 Å². The smallest absolute Gasteiger partial charge is 0.348 e. The highest BCUT2D eigenvalue weighted by Crippen LogP contribution is 2.41. The summed E-state index contributed by atoms with van der Waals surface area (Å²) in [7, 11) is 0. The minimum atomic E-state index is -0.879. The van der Waals surface area contributed by atoms with Crippen molar-refractivity contribution in [3.05, 3.63) is 133 Å². The summed E-state index contributed by atoms with van der Waals surface area (Å²) >= 11 is 7.85. The van der Waals surface area contributed by atoms with Crippen molar-refractivity contribution in [1.29, 1.82) is 0 Å². The number of phenols is 2. The lowest BCUT2D eigenvalue weighted by Gasteiger charge is -2.42. The normalized spacial score (nSPS) is 16.4. The van der Waals surface area contributed by atoms with Gasteiger partial charge in [-0.05, 0) is 99.6 Å². The minimum Gasteiger partial charge on any atom is -0.508 e. The Morgan fingerprint density at radius 2 is 1.65 bits per heavy atom. The fourth-order valence-corrected chi connectivity index (χ4v) is 10.7. The summed E-state index contributed by atoms with van der Waals surface area (Å²) in [6, 6.07) is 17.0. The van der Waals surface area contributed by atoms with Crippen molar-refractivity contribution >= 4 is 46.4 Å². The van der Waals surface area contributed by atoms with E-state index in [4.69, 9.17) is 16.6 Å². The van der Waals surface area contributed by atoms with Crippen LogP contribution < -0.4 is 16.3 Å². The molecule has 358 valence electrons. The molecular formula is C50H54ClN11O6S. The van der Waals surface area contributed by atoms with Crippen molar-refractivity contribution in [1.82, 2.24) is 50.0 Å². The SMILES string of the molecule is C=C(C(=O)NCC(=O)NCC1CN(C(=O)C2CCN(Cc3ccc(-n4c(-c5cc(C(C)C)c(O)cc5O)n[nH]c4=O)cc3)CC2)C1)[C@@H]1N=C(c2ccc(Cl)cc2)c2c(sc(C)c2C)-n2c(C)nnc21. The van der Waals surface area contributed by atoms with Crippen LogP contribution in [0.25, 0.3) is 22.1 Å². The van der Waals surface area contributed by atoms with Gasteiger partial charge in [-0.15, -0.1) is 21.5 Å². The Bertz CT molecular complexity index is 3060. The number of H-pyrrole nitrogens is 1. The second-order valence-corrected chi connectivity index (χ2v) is 20.0. The number of phenolic OH excluding ortho intramolecular Hbond substituents is 2. The molecule has 0 bridgehead atoms. The summed E-state index contributed by atoms with van der Waals surface area (Å²) in [6.45, 7) is 17.4. The number of aryl methyl sites for hydroxylation is 2. The number of hydrogen-bond acceptors (Lipinski definition) is 12. The maximum Gasteiger partial charge on any atom is 0.348 e. The van der Waals surface area contributed by atoms with Crippen LogP contribution in [0.2, 0.25) is 5.02 Å². The zero-order chi connectivity index (χ0) is 48.8. The third-order valence-corrected chi connectivity index (χ3v) is 14.8. The predicted molar refractivity (Wildman–Crippen MR) is 264 cm³/mol. The molecule has 0 unspecified atom stereocenters. The maximum atomic E-state index is 13.6. The van der Waals surface area contributed by atoms with E-state index in [-0.39, 0.29) is 59.0 Å². The molecular weight excluding hydrogens is 918 g/mol. The number of amides is 3. The maximum absolute atomic E-state index is 13.6. The average Bonchev–Trinajstić information content (AvgIpc) is 3.95. The van der Waals surface area contributed by atoms with Crippen molar-refractivity contribution in [2.75, 3.05) is 39.3 Å². The largest absolute Gasteiger partial charge is 0.508 e. The van der Waals surface area contributed by atoms with Crippen molar-refractivity contribution in [3.63, 3.8) is 0 Å². The number of benzene rings is 3. The number of carbonyl (C=O) groups excluding carboxylic acids is 3. The first-order valence-corrected chi connectivity index (χ1v) is 24.2. The van der Waals surface area contributed by atoms with Crippen LogP contribution in [0.15, 0.2) is 82.6 Å². The molecule has 9 rings (SSSR count). The van der Waals surface area contributed by atoms with Crippen LogP contribution in [0.1, 0.15) is 83.0 Å². The van der Waals surface area contributed by atoms with Crippen LogP contribution >= 0.6 is 22.9 Å². The van der Waals surface area contributed by atoms with Crippen molar-refractivity contribution in [2.24, 2.45) is 16.8 Å². The number of aromatic amines is 1. The molecule has 0 spiro atoms. The summed E-state index contributed by atoms with van der Waals surface area (Å²) in [5, 5.41) is 43.6. The summed E-state index contributed by atoms with van der Waals surface area (Å²) in [4.78, 5) is 63.4. The molecule has 6 heterocycles. The lowest BCUT2D eigenvalue weighted by Crippen LogP contribution is -2.56. The van der Waals surface area contributed by atoms with Gasteiger partial charge in [-0.1, -0.05) is 56.3 Å². The highest BCUT2D eigenvalue weighted by atomic mass is 35.5. The first kappa shape index (κ1) is 47.2. The van der Waals surface area contributed by atoms with Gasteiger partial charge < -0.3 is 25.7 Å². The van der Waals surface area contributed by atoms with Gasteiger partial charge in [0.15, 0.2) is 11.6 Å². The lowest BCUT2D eigenvalue weighted by molar-refractivity contribution is -0.143. The zero-order valence-electron chi connectivity index (χ0n) is 39.0. The highest BCUT2D eigenvalue weighted by molar-refractivity contribution is 7.15. The molecule has 3 aliphatic heterocycles. The Balaban J connectivity index is 0.732. The molecule has 6 aromatic rings. The molecule has 69 heavy (non-hydrogen) atoms. The number of nitrogens with one attached hydrogen (secondary N) is 3. The van der Waals surface area contributed by atoms with E-state index in [0.29, 0.717) is 65.4 Å². The molecule has 3 aromatic carbocycles. The first-order valence-electron chi connectivity index (χ1n) is 23.0. The van der Waals surface area contributed by atoms with E-state index >= 15 is 0 Å². The van der Waals surface area contributed by atoms with E-state index < -0.39 is 17.6 Å². The first-order chi connectivity index (χ1) is 33.1. The van der Waals surface area contributed by atoms with E-state index in [2.05, 4.69) is 49.4 Å². The zero-order valence-corrected chi connectivity index (χ0v) is 40.6. The Morgan fingerprint density at radius 3 is 2.35 bits per heavy atom. The number of rotatable bonds is 13. The molecule has 0 saturated carbocycles. The standard InChI is InChI=1S/C50H54ClN11O6S/c1-26(2)37-19-38(40(64)20-39(37)63)45-56-58-50(68)62(45)36-13-7-31(8-14-36)23-59-17-15-34(16-18-59)48(67)60-24-32(25-60)21-52-41(65)22-53-47(66)28(4)43-46-57-55-30(6)61(46)49-42(27(3)29(5)69-49)44(54-43)33-9-11-35(51)12-10-33/h7-14,19-20,26,32,34,43,63-64H,4,15-18,21-25H2,1-3,5-6H3,(H,52,65)(H,53,66)(H,58,68)/t43-/m0/s1. The quantitative estimate of drug-likeness (QED) is 0.0847. The Hall–Kier alpha value is -6.89. The Labute approximate surface area is 407 Å². The van der Waals surface area contributed by atoms with Crippen molar-refractivity contribution in [3.8, 4) is 33.6 Å². The van der Waals surface area contributed by atoms with E-state index in [1.165, 1.54) is 10.6 Å². The molecule has 3 aromatic heterocycles. The van der Waals surface area contributed by atoms with Crippen molar-refractivity contribution < 1.29 is 24.6 Å². The number of halogens is 1. The topological polar surface area (TPSA) is 216 Å². The van der Waals surface area contributed by atoms with Gasteiger partial charge in [0, 0.05) is 70.7 Å². The van der Waals surface area contributed by atoms with Gasteiger partial charge in [0.05, 0.1) is 23.5 Å². The fourth-order valence-electron chi connectivity index (χ4n) is 9.32. The molecule has 3 aliphatic rings. The number of aromatic hydroxyl groups is 2. The number of thiophene rings is 1. The van der Waals surface area contributed by atoms with Gasteiger partial charge in [-0.2, -0.15) is 5.10 Å². The molecule has 5 N–H and O–H groups in total. The minimum absolute atomic E-state index is 0.0163. The number of aromatic nitrogens is 6. The lowest BCUT2D eigenvalue weighted by atomic mass is 9.91. The number of hydrogen-bond donors (Lipinski definition) is 5. The molecule has 19 heteroatoms. The van der Waals surface area contributed by atoms with Gasteiger partial charge in [-0.3, -0.25) is 28.8 Å². The van der Waals surface area contributed by atoms with Gasteiger partial charge in [0.25, 0.3) is 0 Å². The Kier molecular flexibility index (Phi) is 13.2. The monoisotopic (exact) mass is 971 g/mol. The number of fused-ring (bicyclic) bond motifs is 3. The number of nitrogens with zero attached hydrogens (tertiary/aromatic N) is 8. The number of piperidine rings is 1. The van der Waals surface area contributed by atoms with E-state index in [1.54, 1.807) is 29.5 Å². The molecule has 0 aliphatic carbocycles. The number of carbonyl (C=O) groups is 3. The van der Waals surface area contributed by atoms with Gasteiger partial charge in [-0.25, -0.2) is 14.5 Å². The number of likely N-dealkylation sites (tertiary alicyclic amines) is 2. The van der Waals surface area contributed by atoms with Crippen LogP contribution in [-0.4, -0.2) is 112 Å². The molecule has 1 atom stereocenters. The Morgan fingerprint density at radius 1 is 0.942 bits per heavy atom. The summed E-state index contributed by atoms with van der Waals surface area (Å²) in [5.74, 6) is 0.415. The summed E-state index contributed by atoms with van der Waals surface area (Å²) in [5.41, 5.74) is 5.75. The molecule has 3 amide bonds.